The third-order valence-electron chi connectivity index (χ3n) is 6.39. The fourth-order valence-electron chi connectivity index (χ4n) is 4.07. The van der Waals surface area contributed by atoms with Crippen LogP contribution in [0.1, 0.15) is 48.8 Å². The van der Waals surface area contributed by atoms with Crippen molar-refractivity contribution in [3.63, 3.8) is 0 Å². The average molecular weight is 595 g/mol. The molecule has 0 bridgehead atoms. The number of aryl methyl sites for hydroxylation is 1. The molecular weight excluding hydrogens is 561 g/mol. The number of carbonyl (C=O) groups excluding carboxylic acids is 3. The number of hydrogen-bond donors (Lipinski definition) is 2. The smallest absolute Gasteiger partial charge is 0.496 e. The van der Waals surface area contributed by atoms with E-state index in [-0.39, 0.29) is 69.1 Å². The summed E-state index contributed by atoms with van der Waals surface area (Å²) in [6.45, 7) is 8.08. The van der Waals surface area contributed by atoms with E-state index in [4.69, 9.17) is 4.74 Å². The van der Waals surface area contributed by atoms with E-state index in [0.29, 0.717) is 27.8 Å². The van der Waals surface area contributed by atoms with Crippen molar-refractivity contribution < 1.29 is 70.5 Å². The van der Waals surface area contributed by atoms with Gasteiger partial charge in [-0.1, -0.05) is 18.9 Å². The maximum atomic E-state index is 12.1. The average Bonchev–Trinajstić information content (AvgIpc) is 2.85. The van der Waals surface area contributed by atoms with Crippen molar-refractivity contribution in [2.75, 3.05) is 37.4 Å². The number of nitrogens with one attached hydrogen (secondary N) is 2. The molecule has 2 aromatic carbocycles. The van der Waals surface area contributed by atoms with E-state index in [1.807, 2.05) is 31.4 Å². The minimum Gasteiger partial charge on any atom is -0.496 e. The quantitative estimate of drug-likeness (QED) is 0.379. The van der Waals surface area contributed by atoms with Crippen LogP contribution >= 0.6 is 15.9 Å². The Morgan fingerprint density at radius 3 is 2.46 bits per heavy atom. The second kappa shape index (κ2) is 16.0. The second-order valence-electron chi connectivity index (χ2n) is 9.08. The minimum atomic E-state index is -0.0738. The number of hydrogen-bond acceptors (Lipinski definition) is 5. The first-order valence-corrected chi connectivity index (χ1v) is 12.9. The van der Waals surface area contributed by atoms with Gasteiger partial charge < -0.3 is 26.6 Å². The van der Waals surface area contributed by atoms with Crippen LogP contribution in [0.4, 0.5) is 11.4 Å². The molecule has 0 spiro atoms. The van der Waals surface area contributed by atoms with Gasteiger partial charge in [0.15, 0.2) is 0 Å². The predicted octanol–water partition coefficient (Wildman–Crippen LogP) is 2.07. The maximum absolute atomic E-state index is 12.1. The molecule has 7 nitrogen and oxygen atoms in total. The van der Waals surface area contributed by atoms with Gasteiger partial charge in [-0.2, -0.15) is 18.9 Å². The molecule has 2 N–H and O–H groups in total. The van der Waals surface area contributed by atoms with Gasteiger partial charge in [0, 0.05) is 17.7 Å². The van der Waals surface area contributed by atoms with E-state index in [1.54, 1.807) is 19.2 Å². The minimum absolute atomic E-state index is 0. The molecule has 0 aromatic heterocycles. The molecule has 1 aliphatic carbocycles. The summed E-state index contributed by atoms with van der Waals surface area (Å²) in [6, 6.07) is 9.07. The van der Waals surface area contributed by atoms with Crippen LogP contribution in [0.15, 0.2) is 34.8 Å². The Bertz CT molecular complexity index is 1090. The number of rotatable bonds is 7. The fourth-order valence-corrected chi connectivity index (χ4v) is 4.53. The molecule has 0 unspecified atom stereocenters. The molecule has 194 valence electrons. The first-order chi connectivity index (χ1) is 17.3. The Morgan fingerprint density at radius 1 is 1.16 bits per heavy atom. The number of methoxy groups -OCH3 is 1. The van der Waals surface area contributed by atoms with Crippen molar-refractivity contribution in [2.24, 2.45) is 5.92 Å². The predicted molar refractivity (Wildman–Crippen MR) is 146 cm³/mol. The Morgan fingerprint density at radius 2 is 1.86 bits per heavy atom. The Kier molecular flexibility index (Phi) is 13.9. The van der Waals surface area contributed by atoms with E-state index < -0.39 is 0 Å². The van der Waals surface area contributed by atoms with E-state index in [2.05, 4.69) is 44.8 Å². The van der Waals surface area contributed by atoms with Gasteiger partial charge in [0.1, 0.15) is 5.75 Å². The molecule has 1 aliphatic heterocycles. The molecule has 2 aromatic rings. The van der Waals surface area contributed by atoms with Gasteiger partial charge in [-0.05, 0) is 50.0 Å². The molecule has 9 heteroatoms. The molecular formula is C28H33BrKN3O4-2. The topological polar surface area (TPSA) is 87.7 Å². The third kappa shape index (κ3) is 9.80. The van der Waals surface area contributed by atoms with Gasteiger partial charge >= 0.3 is 51.4 Å². The molecule has 0 radical (unpaired) electrons. The summed E-state index contributed by atoms with van der Waals surface area (Å²) in [4.78, 5) is 36.6. The van der Waals surface area contributed by atoms with Crippen LogP contribution < -0.4 is 66.8 Å². The zero-order chi connectivity index (χ0) is 26.1. The monoisotopic (exact) mass is 593 g/mol. The van der Waals surface area contributed by atoms with Crippen LogP contribution in [0.5, 0.6) is 5.75 Å². The van der Waals surface area contributed by atoms with Crippen molar-refractivity contribution in [3.05, 3.63) is 64.8 Å². The number of likely N-dealkylation sites (tertiary alicyclic amines) is 1. The van der Waals surface area contributed by atoms with Crippen molar-refractivity contribution in [1.82, 2.24) is 4.90 Å². The second-order valence-corrected chi connectivity index (χ2v) is 9.93. The zero-order valence-electron chi connectivity index (χ0n) is 21.9. The number of amides is 2. The Labute approximate surface area is 271 Å². The van der Waals surface area contributed by atoms with Gasteiger partial charge in [-0.3, -0.25) is 32.5 Å². The summed E-state index contributed by atoms with van der Waals surface area (Å²) in [5.74, 6) is 1.02. The van der Waals surface area contributed by atoms with Crippen molar-refractivity contribution >= 4 is 45.4 Å². The van der Waals surface area contributed by atoms with Crippen molar-refractivity contribution in [3.8, 4) is 5.75 Å². The van der Waals surface area contributed by atoms with Gasteiger partial charge in [-0.25, -0.2) is 0 Å². The van der Waals surface area contributed by atoms with Crippen LogP contribution in [0.25, 0.3) is 0 Å². The van der Waals surface area contributed by atoms with Crippen molar-refractivity contribution in [2.45, 2.75) is 39.0 Å². The van der Waals surface area contributed by atoms with Gasteiger partial charge in [-0.15, -0.1) is 26.5 Å². The first kappa shape index (κ1) is 32.0. The van der Waals surface area contributed by atoms with E-state index >= 15 is 0 Å². The maximum Gasteiger partial charge on any atom is 1.00 e. The number of anilines is 2. The Hall–Kier alpha value is -1.20. The summed E-state index contributed by atoms with van der Waals surface area (Å²) in [7, 11) is 1.64. The summed E-state index contributed by atoms with van der Waals surface area (Å²) in [5.41, 5.74) is 3.40. The Balaban J connectivity index is 0.000000253. The molecule has 1 heterocycles. The first-order valence-electron chi connectivity index (χ1n) is 12.1. The number of carbonyl (C=O) groups is 2. The standard InChI is InChI=1S/C15H20NO2.C13H13BrN2O2.K/c1-11-8-9-13(10-14(11)18-2)16-15(17)12-6-4-3-5-7-12;1-9-10(8-17)5-11(6-12(9)14)15-13(18)7-16-3-2-4-16;/h3,8-10,12H,4-7H2,1-2H3,(H,16,17);5-6H,1-4,7H2,(H,15,18);/q-1;-2;+1. The molecule has 2 fully saturated rings. The molecule has 0 atom stereocenters. The van der Waals surface area contributed by atoms with E-state index in [0.717, 1.165) is 62.2 Å². The third-order valence-corrected chi connectivity index (χ3v) is 7.10. The largest absolute Gasteiger partial charge is 1.00 e. The molecule has 2 aliphatic rings. The molecule has 2 amide bonds. The summed E-state index contributed by atoms with van der Waals surface area (Å²) in [5, 5.41) is 5.75. The zero-order valence-corrected chi connectivity index (χ0v) is 26.6. The van der Waals surface area contributed by atoms with Crippen LogP contribution in [0, 0.1) is 26.2 Å². The van der Waals surface area contributed by atoms with Crippen molar-refractivity contribution in [1.29, 1.82) is 0 Å². The summed E-state index contributed by atoms with van der Waals surface area (Å²) in [6.07, 6.45) is 9.26. The molecule has 37 heavy (non-hydrogen) atoms. The number of nitrogens with zero attached hydrogens (tertiary/aromatic N) is 1. The number of benzene rings is 2. The molecule has 1 saturated carbocycles. The summed E-state index contributed by atoms with van der Waals surface area (Å²) >= 11 is 3.30. The van der Waals surface area contributed by atoms with E-state index in [1.165, 1.54) is 0 Å². The molecule has 1 saturated heterocycles. The normalized spacial score (nSPS) is 15.2. The van der Waals surface area contributed by atoms with E-state index in [9.17, 15) is 14.4 Å². The number of ether oxygens (including phenoxy) is 1. The van der Waals surface area contributed by atoms with Gasteiger partial charge in [0.05, 0.1) is 13.7 Å². The van der Waals surface area contributed by atoms with Crippen LogP contribution in [-0.2, 0) is 14.4 Å². The van der Waals surface area contributed by atoms with Crippen LogP contribution in [0.3, 0.4) is 0 Å². The van der Waals surface area contributed by atoms with Crippen LogP contribution in [-0.4, -0.2) is 49.7 Å². The SMILES string of the molecule is COc1cc(NC(=O)C2CC[CH-]CC2)ccc1C.[CH2-]c1c(Br)cc(NC(=O)CN2CCC2)cc1[C-]=O.[K+]. The van der Waals surface area contributed by atoms with Crippen LogP contribution in [0.2, 0.25) is 0 Å². The fraction of sp³-hybridized carbons (Fsp3) is 0.393. The number of halogens is 1. The van der Waals surface area contributed by atoms with Gasteiger partial charge in [0.25, 0.3) is 0 Å². The van der Waals surface area contributed by atoms with Gasteiger partial charge in [0.2, 0.25) is 11.8 Å². The summed E-state index contributed by atoms with van der Waals surface area (Å²) < 4.78 is 5.94. The molecule has 4 rings (SSSR count).